The molecule has 0 radical (unpaired) electrons. The Labute approximate surface area is 153 Å². The van der Waals surface area contributed by atoms with E-state index in [-0.39, 0.29) is 11.4 Å². The van der Waals surface area contributed by atoms with Crippen LogP contribution in [0.3, 0.4) is 0 Å². The summed E-state index contributed by atoms with van der Waals surface area (Å²) < 4.78 is 40.6. The Morgan fingerprint density at radius 3 is 2.81 bits per heavy atom. The Hall–Kier alpha value is -2.68. The number of hydrogen-bond acceptors (Lipinski definition) is 5. The molecule has 142 valence electrons. The molecule has 4 rings (SSSR count). The van der Waals surface area contributed by atoms with Crippen LogP contribution in [0.5, 0.6) is 0 Å². The van der Waals surface area contributed by atoms with Gasteiger partial charge in [-0.2, -0.15) is 18.3 Å². The lowest BCUT2D eigenvalue weighted by Crippen LogP contribution is -2.39. The van der Waals surface area contributed by atoms with E-state index in [4.69, 9.17) is 0 Å². The van der Waals surface area contributed by atoms with Gasteiger partial charge in [-0.25, -0.2) is 9.97 Å². The second-order valence-corrected chi connectivity index (χ2v) is 6.59. The summed E-state index contributed by atoms with van der Waals surface area (Å²) in [4.78, 5) is 8.34. The molecule has 4 heterocycles. The Balaban J connectivity index is 1.69. The second kappa shape index (κ2) is 7.15. The molecule has 1 unspecified atom stereocenters. The number of aromatic amines is 1. The Bertz CT molecular complexity index is 930. The highest BCUT2D eigenvalue weighted by molar-refractivity contribution is 5.90. The topological polar surface area (TPSA) is 78.5 Å². The minimum absolute atomic E-state index is 0.143. The largest absolute Gasteiger partial charge is 0.418 e. The average molecular weight is 376 g/mol. The third-order valence-electron chi connectivity index (χ3n) is 4.70. The molecule has 1 aliphatic heterocycles. The summed E-state index contributed by atoms with van der Waals surface area (Å²) in [6, 6.07) is 6.04. The zero-order valence-electron chi connectivity index (χ0n) is 14.5. The SMILES string of the molecule is FC(F)(F)c1ccc(NCC2CCCCN2)nc1-c1n[nH]c2ncccc12. The van der Waals surface area contributed by atoms with Crippen molar-refractivity contribution in [3.63, 3.8) is 0 Å². The summed E-state index contributed by atoms with van der Waals surface area (Å²) in [5, 5.41) is 13.8. The third kappa shape index (κ3) is 3.73. The average Bonchev–Trinajstić information content (AvgIpc) is 3.10. The Morgan fingerprint density at radius 1 is 1.15 bits per heavy atom. The van der Waals surface area contributed by atoms with E-state index in [1.807, 2.05) is 0 Å². The number of piperidine rings is 1. The summed E-state index contributed by atoms with van der Waals surface area (Å²) in [6.45, 7) is 1.57. The van der Waals surface area contributed by atoms with Gasteiger partial charge in [-0.05, 0) is 43.7 Å². The van der Waals surface area contributed by atoms with Gasteiger partial charge >= 0.3 is 6.18 Å². The first-order valence-corrected chi connectivity index (χ1v) is 8.87. The number of H-pyrrole nitrogens is 1. The number of nitrogens with one attached hydrogen (secondary N) is 3. The molecule has 3 N–H and O–H groups in total. The van der Waals surface area contributed by atoms with Crippen molar-refractivity contribution in [2.45, 2.75) is 31.5 Å². The fourth-order valence-electron chi connectivity index (χ4n) is 3.33. The van der Waals surface area contributed by atoms with Crippen LogP contribution >= 0.6 is 0 Å². The number of hydrogen-bond donors (Lipinski definition) is 3. The first-order valence-electron chi connectivity index (χ1n) is 8.87. The van der Waals surface area contributed by atoms with Gasteiger partial charge < -0.3 is 10.6 Å². The summed E-state index contributed by atoms with van der Waals surface area (Å²) >= 11 is 0. The molecule has 0 spiro atoms. The fraction of sp³-hybridized carbons (Fsp3) is 0.389. The number of anilines is 1. The monoisotopic (exact) mass is 376 g/mol. The number of fused-ring (bicyclic) bond motifs is 1. The van der Waals surface area contributed by atoms with Crippen LogP contribution in [0.15, 0.2) is 30.5 Å². The summed E-state index contributed by atoms with van der Waals surface area (Å²) in [6.07, 6.45) is 0.365. The predicted molar refractivity (Wildman–Crippen MR) is 96.3 cm³/mol. The summed E-state index contributed by atoms with van der Waals surface area (Å²) in [5.41, 5.74) is -0.457. The fourth-order valence-corrected chi connectivity index (χ4v) is 3.33. The van der Waals surface area contributed by atoms with E-state index in [1.165, 1.54) is 6.07 Å². The molecule has 0 bridgehead atoms. The maximum Gasteiger partial charge on any atom is 0.418 e. The quantitative estimate of drug-likeness (QED) is 0.649. The molecule has 0 aromatic carbocycles. The van der Waals surface area contributed by atoms with Crippen molar-refractivity contribution < 1.29 is 13.2 Å². The minimum atomic E-state index is -4.53. The maximum absolute atomic E-state index is 13.5. The smallest absolute Gasteiger partial charge is 0.368 e. The molecule has 0 saturated carbocycles. The lowest BCUT2D eigenvalue weighted by molar-refractivity contribution is -0.137. The molecule has 1 atom stereocenters. The number of alkyl halides is 3. The molecule has 6 nitrogen and oxygen atoms in total. The molecule has 3 aromatic rings. The molecule has 0 aliphatic carbocycles. The van der Waals surface area contributed by atoms with Crippen LogP contribution in [0, 0.1) is 0 Å². The van der Waals surface area contributed by atoms with Crippen molar-refractivity contribution in [2.24, 2.45) is 0 Å². The van der Waals surface area contributed by atoms with Gasteiger partial charge in [-0.15, -0.1) is 0 Å². The van der Waals surface area contributed by atoms with Gasteiger partial charge in [0.15, 0.2) is 5.65 Å². The van der Waals surface area contributed by atoms with Crippen molar-refractivity contribution in [3.8, 4) is 11.4 Å². The molecule has 9 heteroatoms. The van der Waals surface area contributed by atoms with Crippen LogP contribution in [-0.4, -0.2) is 39.3 Å². The molecule has 27 heavy (non-hydrogen) atoms. The maximum atomic E-state index is 13.5. The van der Waals surface area contributed by atoms with Crippen LogP contribution in [0.25, 0.3) is 22.4 Å². The summed E-state index contributed by atoms with van der Waals surface area (Å²) in [5.74, 6) is 0.394. The number of aromatic nitrogens is 4. The Morgan fingerprint density at radius 2 is 2.04 bits per heavy atom. The molecule has 3 aromatic heterocycles. The predicted octanol–water partition coefficient (Wildman–Crippen LogP) is 3.59. The van der Waals surface area contributed by atoms with Crippen LogP contribution in [-0.2, 0) is 6.18 Å². The van der Waals surface area contributed by atoms with Gasteiger partial charge in [0.2, 0.25) is 0 Å². The van der Waals surface area contributed by atoms with Crippen molar-refractivity contribution in [3.05, 3.63) is 36.0 Å². The van der Waals surface area contributed by atoms with Gasteiger partial charge in [0.25, 0.3) is 0 Å². The standard InChI is InChI=1S/C18H19F3N6/c19-18(20,21)13-6-7-14(24-10-11-4-1-2-8-22-11)25-16(13)15-12-5-3-9-23-17(12)27-26-15/h3,5-7,9,11,22H,1-2,4,8,10H2,(H,24,25)(H,23,26,27). The lowest BCUT2D eigenvalue weighted by atomic mass is 10.1. The molecule has 1 fully saturated rings. The van der Waals surface area contributed by atoms with Crippen LogP contribution in [0.2, 0.25) is 0 Å². The van der Waals surface area contributed by atoms with E-state index in [0.717, 1.165) is 31.9 Å². The first kappa shape index (κ1) is 17.7. The highest BCUT2D eigenvalue weighted by Gasteiger charge is 2.36. The van der Waals surface area contributed by atoms with E-state index in [1.54, 1.807) is 18.3 Å². The van der Waals surface area contributed by atoms with Crippen LogP contribution in [0.1, 0.15) is 24.8 Å². The van der Waals surface area contributed by atoms with E-state index in [9.17, 15) is 13.2 Å². The number of halogens is 3. The second-order valence-electron chi connectivity index (χ2n) is 6.59. The van der Waals surface area contributed by atoms with Crippen molar-refractivity contribution >= 4 is 16.9 Å². The van der Waals surface area contributed by atoms with E-state index < -0.39 is 11.7 Å². The van der Waals surface area contributed by atoms with Crippen molar-refractivity contribution in [2.75, 3.05) is 18.4 Å². The van der Waals surface area contributed by atoms with E-state index in [2.05, 4.69) is 30.8 Å². The molecular formula is C18H19F3N6. The normalized spacial score (nSPS) is 18.0. The van der Waals surface area contributed by atoms with E-state index in [0.29, 0.717) is 29.4 Å². The zero-order valence-corrected chi connectivity index (χ0v) is 14.5. The molecule has 1 aliphatic rings. The Kier molecular flexibility index (Phi) is 4.69. The van der Waals surface area contributed by atoms with Gasteiger partial charge in [-0.3, -0.25) is 5.10 Å². The minimum Gasteiger partial charge on any atom is -0.368 e. The van der Waals surface area contributed by atoms with Gasteiger partial charge in [0.1, 0.15) is 17.2 Å². The summed E-state index contributed by atoms with van der Waals surface area (Å²) in [7, 11) is 0. The van der Waals surface area contributed by atoms with Gasteiger partial charge in [0.05, 0.1) is 5.56 Å². The highest BCUT2D eigenvalue weighted by Crippen LogP contribution is 2.38. The van der Waals surface area contributed by atoms with Crippen molar-refractivity contribution in [1.82, 2.24) is 25.5 Å². The number of rotatable bonds is 4. The molecular weight excluding hydrogens is 357 g/mol. The van der Waals surface area contributed by atoms with Crippen LogP contribution < -0.4 is 10.6 Å². The zero-order chi connectivity index (χ0) is 18.9. The third-order valence-corrected chi connectivity index (χ3v) is 4.70. The first-order chi connectivity index (χ1) is 13.0. The number of pyridine rings is 2. The molecule has 0 amide bonds. The number of nitrogens with zero attached hydrogens (tertiary/aromatic N) is 3. The van der Waals surface area contributed by atoms with Crippen LogP contribution in [0.4, 0.5) is 19.0 Å². The van der Waals surface area contributed by atoms with Gasteiger partial charge in [-0.1, -0.05) is 6.42 Å². The lowest BCUT2D eigenvalue weighted by Gasteiger charge is -2.24. The van der Waals surface area contributed by atoms with E-state index >= 15 is 0 Å². The molecule has 1 saturated heterocycles. The highest BCUT2D eigenvalue weighted by atomic mass is 19.4. The van der Waals surface area contributed by atoms with Gasteiger partial charge in [0, 0.05) is 24.2 Å². The van der Waals surface area contributed by atoms with Crippen molar-refractivity contribution in [1.29, 1.82) is 0 Å².